The van der Waals surface area contributed by atoms with Crippen LogP contribution in [0.2, 0.25) is 0 Å². The van der Waals surface area contributed by atoms with E-state index in [0.717, 1.165) is 54.7 Å². The minimum atomic E-state index is -0.297. The fourth-order valence-corrected chi connectivity index (χ4v) is 4.37. The SMILES string of the molecule is CCN1CCN(c2ccc(F)cc2C(C)NC(=O)c2sc(C)nc2C)CC1. The molecular weight excluding hydrogens is 363 g/mol. The van der Waals surface area contributed by atoms with Crippen LogP contribution in [-0.4, -0.2) is 48.5 Å². The first-order valence-corrected chi connectivity index (χ1v) is 10.2. The molecular formula is C20H27FN4OS. The van der Waals surface area contributed by atoms with Crippen molar-refractivity contribution in [3.05, 3.63) is 45.2 Å². The predicted molar refractivity (Wildman–Crippen MR) is 108 cm³/mol. The van der Waals surface area contributed by atoms with Crippen LogP contribution in [0.1, 0.15) is 45.8 Å². The second kappa shape index (κ2) is 8.35. The van der Waals surface area contributed by atoms with E-state index in [1.54, 1.807) is 0 Å². The van der Waals surface area contributed by atoms with Gasteiger partial charge >= 0.3 is 0 Å². The van der Waals surface area contributed by atoms with Crippen molar-refractivity contribution in [3.8, 4) is 0 Å². The summed E-state index contributed by atoms with van der Waals surface area (Å²) in [6.07, 6.45) is 0. The van der Waals surface area contributed by atoms with Crippen LogP contribution in [0.5, 0.6) is 0 Å². The van der Waals surface area contributed by atoms with E-state index in [1.165, 1.54) is 23.5 Å². The van der Waals surface area contributed by atoms with Gasteiger partial charge in [0.15, 0.2) is 0 Å². The molecule has 27 heavy (non-hydrogen) atoms. The van der Waals surface area contributed by atoms with Crippen LogP contribution in [0, 0.1) is 19.7 Å². The molecule has 1 aliphatic rings. The quantitative estimate of drug-likeness (QED) is 0.849. The highest BCUT2D eigenvalue weighted by Gasteiger charge is 2.23. The fraction of sp³-hybridized carbons (Fsp3) is 0.500. The Hall–Kier alpha value is -1.99. The number of hydrogen-bond acceptors (Lipinski definition) is 5. The Balaban J connectivity index is 1.79. The monoisotopic (exact) mass is 390 g/mol. The van der Waals surface area contributed by atoms with Crippen molar-refractivity contribution < 1.29 is 9.18 Å². The molecule has 3 rings (SSSR count). The molecule has 1 saturated heterocycles. The Kier molecular flexibility index (Phi) is 6.11. The summed E-state index contributed by atoms with van der Waals surface area (Å²) >= 11 is 1.38. The van der Waals surface area contributed by atoms with E-state index in [2.05, 4.69) is 27.0 Å². The zero-order chi connectivity index (χ0) is 19.6. The summed E-state index contributed by atoms with van der Waals surface area (Å²) in [4.78, 5) is 22.3. The molecule has 0 spiro atoms. The van der Waals surface area contributed by atoms with Gasteiger partial charge in [0, 0.05) is 37.4 Å². The lowest BCUT2D eigenvalue weighted by molar-refractivity contribution is 0.0943. The zero-order valence-electron chi connectivity index (χ0n) is 16.4. The molecule has 1 unspecified atom stereocenters. The molecule has 1 atom stereocenters. The minimum absolute atomic E-state index is 0.156. The third-order valence-corrected chi connectivity index (χ3v) is 6.15. The number of likely N-dealkylation sites (N-methyl/N-ethyl adjacent to an activating group) is 1. The Morgan fingerprint density at radius 2 is 2.00 bits per heavy atom. The van der Waals surface area contributed by atoms with Crippen LogP contribution in [0.3, 0.4) is 0 Å². The first-order valence-electron chi connectivity index (χ1n) is 9.40. The van der Waals surface area contributed by atoms with Crippen molar-refractivity contribution in [1.29, 1.82) is 0 Å². The van der Waals surface area contributed by atoms with E-state index in [-0.39, 0.29) is 17.8 Å². The van der Waals surface area contributed by atoms with E-state index in [0.29, 0.717) is 4.88 Å². The van der Waals surface area contributed by atoms with E-state index in [4.69, 9.17) is 0 Å². The highest BCUT2D eigenvalue weighted by atomic mass is 32.1. The lowest BCUT2D eigenvalue weighted by Gasteiger charge is -2.37. The summed E-state index contributed by atoms with van der Waals surface area (Å²) < 4.78 is 14.0. The van der Waals surface area contributed by atoms with Crippen molar-refractivity contribution in [2.24, 2.45) is 0 Å². The molecule has 0 aliphatic carbocycles. The number of aromatic nitrogens is 1. The van der Waals surface area contributed by atoms with Gasteiger partial charge in [-0.15, -0.1) is 11.3 Å². The lowest BCUT2D eigenvalue weighted by Crippen LogP contribution is -2.46. The first-order chi connectivity index (χ1) is 12.9. The van der Waals surface area contributed by atoms with Crippen molar-refractivity contribution in [1.82, 2.24) is 15.2 Å². The maximum atomic E-state index is 14.0. The summed E-state index contributed by atoms with van der Waals surface area (Å²) in [5.41, 5.74) is 2.54. The van der Waals surface area contributed by atoms with Crippen molar-refractivity contribution in [2.75, 3.05) is 37.6 Å². The van der Waals surface area contributed by atoms with Crippen molar-refractivity contribution in [3.63, 3.8) is 0 Å². The van der Waals surface area contributed by atoms with E-state index >= 15 is 0 Å². The number of amides is 1. The number of carbonyl (C=O) groups is 1. The predicted octanol–water partition coefficient (Wildman–Crippen LogP) is 3.53. The minimum Gasteiger partial charge on any atom is -0.369 e. The summed E-state index contributed by atoms with van der Waals surface area (Å²) in [6.45, 7) is 12.6. The Bertz CT molecular complexity index is 814. The molecule has 1 aliphatic heterocycles. The number of aryl methyl sites for hydroxylation is 2. The summed E-state index contributed by atoms with van der Waals surface area (Å²) in [5, 5.41) is 3.89. The molecule has 2 aromatic rings. The van der Waals surface area contributed by atoms with Gasteiger partial charge < -0.3 is 15.1 Å². The number of nitrogens with one attached hydrogen (secondary N) is 1. The topological polar surface area (TPSA) is 48.5 Å². The number of hydrogen-bond donors (Lipinski definition) is 1. The summed E-state index contributed by atoms with van der Waals surface area (Å²) in [5.74, 6) is -0.441. The van der Waals surface area contributed by atoms with Crippen LogP contribution in [-0.2, 0) is 0 Å². The highest BCUT2D eigenvalue weighted by molar-refractivity contribution is 7.13. The molecule has 1 N–H and O–H groups in total. The first kappa shape index (κ1) is 19.8. The van der Waals surface area contributed by atoms with Crippen LogP contribution in [0.15, 0.2) is 18.2 Å². The molecule has 1 aromatic heterocycles. The third kappa shape index (κ3) is 4.47. The van der Waals surface area contributed by atoms with Gasteiger partial charge in [-0.1, -0.05) is 6.92 Å². The van der Waals surface area contributed by atoms with E-state index in [1.807, 2.05) is 26.8 Å². The average Bonchev–Trinajstić information content (AvgIpc) is 3.00. The van der Waals surface area contributed by atoms with Gasteiger partial charge in [0.25, 0.3) is 5.91 Å². The van der Waals surface area contributed by atoms with Gasteiger partial charge in [-0.05, 0) is 45.5 Å². The second-order valence-corrected chi connectivity index (χ2v) is 8.17. The number of rotatable bonds is 5. The molecule has 0 radical (unpaired) electrons. The Morgan fingerprint density at radius 3 is 2.59 bits per heavy atom. The number of benzene rings is 1. The molecule has 1 fully saturated rings. The average molecular weight is 391 g/mol. The molecule has 5 nitrogen and oxygen atoms in total. The van der Waals surface area contributed by atoms with Crippen molar-refractivity contribution in [2.45, 2.75) is 33.7 Å². The molecule has 7 heteroatoms. The molecule has 146 valence electrons. The lowest BCUT2D eigenvalue weighted by atomic mass is 10.0. The normalized spacial score (nSPS) is 16.4. The maximum absolute atomic E-state index is 14.0. The van der Waals surface area contributed by atoms with Crippen LogP contribution >= 0.6 is 11.3 Å². The number of carbonyl (C=O) groups excluding carboxylic acids is 1. The van der Waals surface area contributed by atoms with Crippen LogP contribution in [0.25, 0.3) is 0 Å². The molecule has 2 heterocycles. The third-order valence-electron chi connectivity index (χ3n) is 5.07. The van der Waals surface area contributed by atoms with Gasteiger partial charge in [0.2, 0.25) is 0 Å². The van der Waals surface area contributed by atoms with Crippen LogP contribution < -0.4 is 10.2 Å². The van der Waals surface area contributed by atoms with E-state index < -0.39 is 0 Å². The number of thiazole rings is 1. The largest absolute Gasteiger partial charge is 0.369 e. The number of nitrogens with zero attached hydrogens (tertiary/aromatic N) is 3. The number of anilines is 1. The molecule has 0 saturated carbocycles. The number of halogens is 1. The zero-order valence-corrected chi connectivity index (χ0v) is 17.2. The maximum Gasteiger partial charge on any atom is 0.263 e. The van der Waals surface area contributed by atoms with Crippen molar-refractivity contribution >= 4 is 22.9 Å². The van der Waals surface area contributed by atoms with Gasteiger partial charge in [-0.3, -0.25) is 4.79 Å². The van der Waals surface area contributed by atoms with Gasteiger partial charge in [0.1, 0.15) is 10.7 Å². The number of piperazine rings is 1. The second-order valence-electron chi connectivity index (χ2n) is 6.97. The van der Waals surface area contributed by atoms with E-state index in [9.17, 15) is 9.18 Å². The summed E-state index contributed by atoms with van der Waals surface area (Å²) in [7, 11) is 0. The standard InChI is InChI=1S/C20H27FN4OS/c1-5-24-8-10-25(11-9-24)18-7-6-16(21)12-17(18)13(2)23-20(26)19-14(3)22-15(4)27-19/h6-7,12-13H,5,8-11H2,1-4H3,(H,23,26). The molecule has 0 bridgehead atoms. The van der Waals surface area contributed by atoms with Gasteiger partial charge in [-0.25, -0.2) is 9.37 Å². The summed E-state index contributed by atoms with van der Waals surface area (Å²) in [6, 6.07) is 4.57. The van der Waals surface area contributed by atoms with Gasteiger partial charge in [-0.2, -0.15) is 0 Å². The molecule has 1 amide bonds. The Morgan fingerprint density at radius 1 is 1.30 bits per heavy atom. The fourth-order valence-electron chi connectivity index (χ4n) is 3.55. The van der Waals surface area contributed by atoms with Crippen LogP contribution in [0.4, 0.5) is 10.1 Å². The highest BCUT2D eigenvalue weighted by Crippen LogP contribution is 2.29. The molecule has 1 aromatic carbocycles. The Labute approximate surface area is 164 Å². The van der Waals surface area contributed by atoms with Gasteiger partial charge in [0.05, 0.1) is 16.7 Å². The smallest absolute Gasteiger partial charge is 0.263 e.